The molecule has 0 spiro atoms. The topological polar surface area (TPSA) is 105 Å². The summed E-state index contributed by atoms with van der Waals surface area (Å²) in [6.07, 6.45) is 4.22. The van der Waals surface area contributed by atoms with E-state index in [1.165, 1.54) is 12.8 Å². The molecule has 2 aliphatic heterocycles. The van der Waals surface area contributed by atoms with Gasteiger partial charge in [0.05, 0.1) is 0 Å². The summed E-state index contributed by atoms with van der Waals surface area (Å²) in [7, 11) is 0. The molecule has 2 fully saturated rings. The molecule has 1 aromatic carbocycles. The van der Waals surface area contributed by atoms with Crippen molar-refractivity contribution in [1.29, 1.82) is 0 Å². The molecule has 27 heavy (non-hydrogen) atoms. The highest BCUT2D eigenvalue weighted by Gasteiger charge is 2.40. The number of nitrogens with two attached hydrogens (primary N) is 1. The number of hydrogen-bond acceptors (Lipinski definition) is 5. The van der Waals surface area contributed by atoms with Crippen LogP contribution < -0.4 is 16.4 Å². The molecule has 0 radical (unpaired) electrons. The molecule has 1 saturated carbocycles. The van der Waals surface area contributed by atoms with Gasteiger partial charge < -0.3 is 16.0 Å². The first kappa shape index (κ1) is 18.1. The Morgan fingerprint density at radius 2 is 2.07 bits per heavy atom. The van der Waals surface area contributed by atoms with Crippen molar-refractivity contribution in [3.63, 3.8) is 0 Å². The fourth-order valence-electron chi connectivity index (χ4n) is 4.03. The van der Waals surface area contributed by atoms with E-state index in [1.807, 2.05) is 18.2 Å². The van der Waals surface area contributed by atoms with E-state index in [9.17, 15) is 14.4 Å². The number of carbonyl (C=O) groups excluding carboxylic acids is 3. The number of imide groups is 1. The Bertz CT molecular complexity index is 787. The standard InChI is InChI=1S/C20H26N4O3/c21-12-20(5-6-20)7-8-22-10-13-1-2-14-11-24(19(27)15(14)9-13)16-3-4-17(25)23-18(16)26/h1-2,9,16,22H,3-8,10-12,21H2,(H,23,25,26). The van der Waals surface area contributed by atoms with E-state index in [0.717, 1.165) is 30.6 Å². The van der Waals surface area contributed by atoms with Crippen LogP contribution in [0.4, 0.5) is 0 Å². The second kappa shape index (κ2) is 7.05. The summed E-state index contributed by atoms with van der Waals surface area (Å²) in [5.74, 6) is -0.763. The van der Waals surface area contributed by atoms with E-state index in [4.69, 9.17) is 5.73 Å². The lowest BCUT2D eigenvalue weighted by molar-refractivity contribution is -0.136. The first-order chi connectivity index (χ1) is 13.0. The van der Waals surface area contributed by atoms with Crippen LogP contribution in [0.25, 0.3) is 0 Å². The number of fused-ring (bicyclic) bond motifs is 1. The van der Waals surface area contributed by atoms with E-state index in [2.05, 4.69) is 10.6 Å². The Hall–Kier alpha value is -2.25. The maximum Gasteiger partial charge on any atom is 0.255 e. The maximum atomic E-state index is 12.8. The van der Waals surface area contributed by atoms with Crippen LogP contribution in [0, 0.1) is 5.41 Å². The molecule has 0 aromatic heterocycles. The van der Waals surface area contributed by atoms with Gasteiger partial charge >= 0.3 is 0 Å². The van der Waals surface area contributed by atoms with E-state index in [0.29, 0.717) is 30.5 Å². The van der Waals surface area contributed by atoms with E-state index >= 15 is 0 Å². The van der Waals surface area contributed by atoms with Crippen LogP contribution in [0.1, 0.15) is 53.6 Å². The minimum Gasteiger partial charge on any atom is -0.330 e. The first-order valence-corrected chi connectivity index (χ1v) is 9.69. The Kier molecular flexibility index (Phi) is 4.74. The van der Waals surface area contributed by atoms with Gasteiger partial charge in [0, 0.05) is 25.1 Å². The number of nitrogens with zero attached hydrogens (tertiary/aromatic N) is 1. The van der Waals surface area contributed by atoms with Gasteiger partial charge in [0.25, 0.3) is 5.91 Å². The fraction of sp³-hybridized carbons (Fsp3) is 0.550. The number of hydrogen-bond donors (Lipinski definition) is 3. The number of rotatable bonds is 7. The number of amides is 3. The van der Waals surface area contributed by atoms with Crippen molar-refractivity contribution in [2.45, 2.75) is 51.2 Å². The smallest absolute Gasteiger partial charge is 0.255 e. The van der Waals surface area contributed by atoms with Crippen LogP contribution in [-0.2, 0) is 22.7 Å². The van der Waals surface area contributed by atoms with Crippen molar-refractivity contribution in [3.05, 3.63) is 34.9 Å². The fourth-order valence-corrected chi connectivity index (χ4v) is 4.03. The largest absolute Gasteiger partial charge is 0.330 e. The maximum absolute atomic E-state index is 12.8. The van der Waals surface area contributed by atoms with Crippen molar-refractivity contribution < 1.29 is 14.4 Å². The third-order valence-electron chi connectivity index (χ3n) is 6.14. The molecular weight excluding hydrogens is 344 g/mol. The summed E-state index contributed by atoms with van der Waals surface area (Å²) in [4.78, 5) is 37.8. The molecule has 3 amide bonds. The van der Waals surface area contributed by atoms with Crippen molar-refractivity contribution in [2.24, 2.45) is 11.1 Å². The molecule has 1 atom stereocenters. The van der Waals surface area contributed by atoms with Crippen molar-refractivity contribution in [3.8, 4) is 0 Å². The average Bonchev–Trinajstić information content (AvgIpc) is 3.37. The van der Waals surface area contributed by atoms with Crippen LogP contribution in [0.3, 0.4) is 0 Å². The molecular formula is C20H26N4O3. The molecule has 2 heterocycles. The lowest BCUT2D eigenvalue weighted by atomic mass is 10.0. The van der Waals surface area contributed by atoms with Crippen molar-refractivity contribution in [1.82, 2.24) is 15.5 Å². The van der Waals surface area contributed by atoms with E-state index in [1.54, 1.807) is 4.90 Å². The minimum atomic E-state index is -0.560. The third kappa shape index (κ3) is 3.61. The predicted molar refractivity (Wildman–Crippen MR) is 99.5 cm³/mol. The molecule has 1 aliphatic carbocycles. The Morgan fingerprint density at radius 3 is 2.78 bits per heavy atom. The molecule has 4 rings (SSSR count). The molecule has 1 saturated heterocycles. The lowest BCUT2D eigenvalue weighted by Gasteiger charge is -2.29. The molecule has 1 unspecified atom stereocenters. The zero-order chi connectivity index (χ0) is 19.0. The molecule has 4 N–H and O–H groups in total. The quantitative estimate of drug-likeness (QED) is 0.483. The Balaban J connectivity index is 1.36. The highest BCUT2D eigenvalue weighted by Crippen LogP contribution is 2.47. The normalized spacial score (nSPS) is 23.4. The molecule has 0 bridgehead atoms. The zero-order valence-electron chi connectivity index (χ0n) is 15.4. The summed E-state index contributed by atoms with van der Waals surface area (Å²) in [5.41, 5.74) is 8.84. The van der Waals surface area contributed by atoms with Gasteiger partial charge in [-0.25, -0.2) is 0 Å². The van der Waals surface area contributed by atoms with Gasteiger partial charge in [-0.05, 0) is 61.4 Å². The summed E-state index contributed by atoms with van der Waals surface area (Å²) in [6.45, 7) is 2.82. The van der Waals surface area contributed by atoms with Crippen molar-refractivity contribution >= 4 is 17.7 Å². The molecule has 7 nitrogen and oxygen atoms in total. The molecule has 3 aliphatic rings. The Labute approximate surface area is 158 Å². The average molecular weight is 370 g/mol. The van der Waals surface area contributed by atoms with Gasteiger partial charge in [-0.2, -0.15) is 0 Å². The second-order valence-corrected chi connectivity index (χ2v) is 8.02. The van der Waals surface area contributed by atoms with E-state index in [-0.39, 0.29) is 24.1 Å². The summed E-state index contributed by atoms with van der Waals surface area (Å²) in [6, 6.07) is 5.36. The first-order valence-electron chi connectivity index (χ1n) is 9.69. The highest BCUT2D eigenvalue weighted by atomic mass is 16.2. The van der Waals surface area contributed by atoms with Crippen LogP contribution in [0.15, 0.2) is 18.2 Å². The third-order valence-corrected chi connectivity index (χ3v) is 6.14. The molecule has 7 heteroatoms. The number of piperidine rings is 1. The summed E-state index contributed by atoms with van der Waals surface area (Å²) >= 11 is 0. The summed E-state index contributed by atoms with van der Waals surface area (Å²) in [5, 5.41) is 5.77. The van der Waals surface area contributed by atoms with Gasteiger partial charge in [0.2, 0.25) is 11.8 Å². The number of benzene rings is 1. The SMILES string of the molecule is NCC1(CCNCc2ccc3c(c2)C(=O)N(C2CCC(=O)NC2=O)C3)CC1. The van der Waals surface area contributed by atoms with E-state index < -0.39 is 6.04 Å². The van der Waals surface area contributed by atoms with Gasteiger partial charge in [-0.15, -0.1) is 0 Å². The van der Waals surface area contributed by atoms with Crippen molar-refractivity contribution in [2.75, 3.05) is 13.1 Å². The molecule has 1 aromatic rings. The van der Waals surface area contributed by atoms with Gasteiger partial charge in [0.1, 0.15) is 6.04 Å². The highest BCUT2D eigenvalue weighted by molar-refractivity contribution is 6.05. The van der Waals surface area contributed by atoms with Gasteiger partial charge in [0.15, 0.2) is 0 Å². The minimum absolute atomic E-state index is 0.124. The van der Waals surface area contributed by atoms with Crippen LogP contribution in [-0.4, -0.2) is 41.8 Å². The van der Waals surface area contributed by atoms with Crippen LogP contribution >= 0.6 is 0 Å². The zero-order valence-corrected chi connectivity index (χ0v) is 15.4. The lowest BCUT2D eigenvalue weighted by Crippen LogP contribution is -2.52. The second-order valence-electron chi connectivity index (χ2n) is 8.02. The number of nitrogens with one attached hydrogen (secondary N) is 2. The predicted octanol–water partition coefficient (Wildman–Crippen LogP) is 0.666. The number of carbonyl (C=O) groups is 3. The summed E-state index contributed by atoms with van der Waals surface area (Å²) < 4.78 is 0. The Morgan fingerprint density at radius 1 is 1.26 bits per heavy atom. The molecule has 144 valence electrons. The van der Waals surface area contributed by atoms with Crippen LogP contribution in [0.5, 0.6) is 0 Å². The van der Waals surface area contributed by atoms with Gasteiger partial charge in [-0.1, -0.05) is 12.1 Å². The van der Waals surface area contributed by atoms with Crippen LogP contribution in [0.2, 0.25) is 0 Å². The monoisotopic (exact) mass is 370 g/mol. The van der Waals surface area contributed by atoms with Gasteiger partial charge in [-0.3, -0.25) is 19.7 Å².